The molecule has 0 spiro atoms. The maximum Gasteiger partial charge on any atom is 0.417 e. The van der Waals surface area contributed by atoms with Gasteiger partial charge in [0.05, 0.1) is 37.0 Å². The smallest absolute Gasteiger partial charge is 0.382 e. The van der Waals surface area contributed by atoms with Gasteiger partial charge in [-0.15, -0.1) is 0 Å². The Kier molecular flexibility index (Phi) is 7.83. The average molecular weight is 482 g/mol. The Hall–Kier alpha value is -2.31. The molecule has 2 atom stereocenters. The molecule has 2 saturated heterocycles. The van der Waals surface area contributed by atoms with Gasteiger partial charge in [-0.1, -0.05) is 20.8 Å². The zero-order valence-electron chi connectivity index (χ0n) is 20.4. The van der Waals surface area contributed by atoms with Crippen LogP contribution in [0.4, 0.5) is 18.9 Å². The summed E-state index contributed by atoms with van der Waals surface area (Å²) in [4.78, 5) is 17.1. The van der Waals surface area contributed by atoms with E-state index in [9.17, 15) is 18.0 Å². The lowest BCUT2D eigenvalue weighted by molar-refractivity contribution is -0.146. The topological polar surface area (TPSA) is 65.8 Å². The molecule has 34 heavy (non-hydrogen) atoms. The molecule has 0 N–H and O–H groups in total. The lowest BCUT2D eigenvalue weighted by Crippen LogP contribution is -2.55. The summed E-state index contributed by atoms with van der Waals surface area (Å²) >= 11 is 0. The Morgan fingerprint density at radius 1 is 1.26 bits per heavy atom. The maximum absolute atomic E-state index is 13.6. The number of piperidine rings is 1. The lowest BCUT2D eigenvalue weighted by Gasteiger charge is -2.45. The highest BCUT2D eigenvalue weighted by Crippen LogP contribution is 2.46. The Labute approximate surface area is 199 Å². The van der Waals surface area contributed by atoms with Crippen LogP contribution < -0.4 is 4.90 Å². The molecule has 0 aliphatic carbocycles. The van der Waals surface area contributed by atoms with Crippen LogP contribution in [0.2, 0.25) is 0 Å². The standard InChI is InChI=1S/C25H34F3N3O3/c1-5-23(2,3)22(32)30-9-8-19-14-31(16-24(19,15-30)17-34-11-10-33-4)20-7-6-18(13-29)21(12-20)25(26,27)28/h6-7,12,19H,5,8-11,14-17H2,1-4H3. The number of halogens is 3. The number of anilines is 1. The number of amides is 1. The largest absolute Gasteiger partial charge is 0.417 e. The molecule has 0 bridgehead atoms. The quantitative estimate of drug-likeness (QED) is 0.517. The summed E-state index contributed by atoms with van der Waals surface area (Å²) in [5.74, 6) is 0.273. The molecule has 1 amide bonds. The van der Waals surface area contributed by atoms with E-state index in [1.807, 2.05) is 30.6 Å². The predicted molar refractivity (Wildman–Crippen MR) is 122 cm³/mol. The van der Waals surface area contributed by atoms with E-state index < -0.39 is 22.6 Å². The number of rotatable bonds is 8. The maximum atomic E-state index is 13.6. The molecule has 0 aromatic heterocycles. The third-order valence-electron chi connectivity index (χ3n) is 7.43. The van der Waals surface area contributed by atoms with Crippen molar-refractivity contribution in [1.82, 2.24) is 4.90 Å². The molecule has 2 unspecified atom stereocenters. The van der Waals surface area contributed by atoms with Gasteiger partial charge >= 0.3 is 6.18 Å². The third kappa shape index (κ3) is 5.33. The molecule has 2 fully saturated rings. The first kappa shape index (κ1) is 26.3. The lowest BCUT2D eigenvalue weighted by atomic mass is 9.73. The Bertz CT molecular complexity index is 928. The molecule has 0 saturated carbocycles. The SMILES string of the molecule is CCC(C)(C)C(=O)N1CCC2CN(c3ccc(C#N)c(C(F)(F)F)c3)CC2(COCCOC)C1. The number of carbonyl (C=O) groups is 1. The summed E-state index contributed by atoms with van der Waals surface area (Å²) in [5.41, 5.74) is -1.74. The van der Waals surface area contributed by atoms with Crippen LogP contribution in [0.5, 0.6) is 0 Å². The number of likely N-dealkylation sites (tertiary alicyclic amines) is 1. The fourth-order valence-electron chi connectivity index (χ4n) is 5.02. The molecule has 6 nitrogen and oxygen atoms in total. The van der Waals surface area contributed by atoms with Crippen LogP contribution in [0.3, 0.4) is 0 Å². The molecule has 188 valence electrons. The summed E-state index contributed by atoms with van der Waals surface area (Å²) in [6, 6.07) is 5.52. The molecule has 1 aromatic carbocycles. The van der Waals surface area contributed by atoms with Crippen LogP contribution in [0.25, 0.3) is 0 Å². The first-order valence-corrected chi connectivity index (χ1v) is 11.7. The molecule has 9 heteroatoms. The van der Waals surface area contributed by atoms with Crippen LogP contribution >= 0.6 is 0 Å². The van der Waals surface area contributed by atoms with Crippen molar-refractivity contribution in [3.8, 4) is 6.07 Å². The van der Waals surface area contributed by atoms with E-state index in [-0.39, 0.29) is 17.4 Å². The molecular weight excluding hydrogens is 447 g/mol. The third-order valence-corrected chi connectivity index (χ3v) is 7.43. The number of nitriles is 1. The predicted octanol–water partition coefficient (Wildman–Crippen LogP) is 4.33. The Balaban J connectivity index is 1.89. The van der Waals surface area contributed by atoms with Crippen molar-refractivity contribution < 1.29 is 27.4 Å². The molecule has 2 aliphatic heterocycles. The number of methoxy groups -OCH3 is 1. The van der Waals surface area contributed by atoms with Gasteiger partial charge in [0.1, 0.15) is 0 Å². The van der Waals surface area contributed by atoms with Crippen molar-refractivity contribution in [1.29, 1.82) is 5.26 Å². The second-order valence-electron chi connectivity index (χ2n) is 10.1. The minimum Gasteiger partial charge on any atom is -0.382 e. The number of carbonyl (C=O) groups excluding carboxylic acids is 1. The van der Waals surface area contributed by atoms with Gasteiger partial charge in [0.2, 0.25) is 5.91 Å². The van der Waals surface area contributed by atoms with Crippen molar-refractivity contribution in [2.75, 3.05) is 58.0 Å². The minimum absolute atomic E-state index is 0.0981. The Morgan fingerprint density at radius 2 is 2.00 bits per heavy atom. The number of ether oxygens (including phenoxy) is 2. The van der Waals surface area contributed by atoms with E-state index in [0.29, 0.717) is 51.7 Å². The van der Waals surface area contributed by atoms with Crippen molar-refractivity contribution in [3.63, 3.8) is 0 Å². The molecule has 3 rings (SSSR count). The van der Waals surface area contributed by atoms with Crippen LogP contribution in [0.15, 0.2) is 18.2 Å². The van der Waals surface area contributed by atoms with E-state index in [1.54, 1.807) is 19.2 Å². The number of fused-ring (bicyclic) bond motifs is 1. The highest BCUT2D eigenvalue weighted by molar-refractivity contribution is 5.82. The Morgan fingerprint density at radius 3 is 2.62 bits per heavy atom. The van der Waals surface area contributed by atoms with Crippen LogP contribution in [-0.4, -0.2) is 63.9 Å². The van der Waals surface area contributed by atoms with Crippen LogP contribution in [0.1, 0.15) is 44.7 Å². The van der Waals surface area contributed by atoms with Gasteiger partial charge < -0.3 is 19.3 Å². The van der Waals surface area contributed by atoms with E-state index in [1.165, 1.54) is 6.07 Å². The van der Waals surface area contributed by atoms with Gasteiger partial charge in [-0.3, -0.25) is 4.79 Å². The molecule has 2 aliphatic rings. The fraction of sp³-hybridized carbons (Fsp3) is 0.680. The zero-order chi connectivity index (χ0) is 25.1. The summed E-state index contributed by atoms with van der Waals surface area (Å²) < 4.78 is 51.7. The number of benzene rings is 1. The summed E-state index contributed by atoms with van der Waals surface area (Å²) in [5, 5.41) is 9.13. The second-order valence-corrected chi connectivity index (χ2v) is 10.1. The van der Waals surface area contributed by atoms with Gasteiger partial charge in [-0.25, -0.2) is 0 Å². The monoisotopic (exact) mass is 481 g/mol. The molecular formula is C25H34F3N3O3. The number of nitrogens with zero attached hydrogens (tertiary/aromatic N) is 3. The highest BCUT2D eigenvalue weighted by Gasteiger charge is 2.52. The van der Waals surface area contributed by atoms with Gasteiger partial charge in [0, 0.05) is 49.8 Å². The fourth-order valence-corrected chi connectivity index (χ4v) is 5.02. The van der Waals surface area contributed by atoms with Gasteiger partial charge in [-0.05, 0) is 37.0 Å². The van der Waals surface area contributed by atoms with E-state index in [0.717, 1.165) is 18.9 Å². The van der Waals surface area contributed by atoms with Crippen molar-refractivity contribution in [2.45, 2.75) is 39.8 Å². The van der Waals surface area contributed by atoms with Crippen LogP contribution in [0, 0.1) is 28.1 Å². The second kappa shape index (κ2) is 10.1. The highest BCUT2D eigenvalue weighted by atomic mass is 19.4. The van der Waals surface area contributed by atoms with E-state index >= 15 is 0 Å². The summed E-state index contributed by atoms with van der Waals surface area (Å²) in [6.07, 6.45) is -3.12. The van der Waals surface area contributed by atoms with Crippen molar-refractivity contribution in [2.24, 2.45) is 16.7 Å². The van der Waals surface area contributed by atoms with Crippen molar-refractivity contribution >= 4 is 11.6 Å². The summed E-state index contributed by atoms with van der Waals surface area (Å²) in [7, 11) is 1.60. The van der Waals surface area contributed by atoms with E-state index in [2.05, 4.69) is 0 Å². The number of hydrogen-bond acceptors (Lipinski definition) is 5. The number of alkyl halides is 3. The first-order valence-electron chi connectivity index (χ1n) is 11.7. The van der Waals surface area contributed by atoms with Gasteiger partial charge in [0.25, 0.3) is 0 Å². The van der Waals surface area contributed by atoms with Gasteiger partial charge in [0.15, 0.2) is 0 Å². The van der Waals surface area contributed by atoms with Crippen molar-refractivity contribution in [3.05, 3.63) is 29.3 Å². The first-order chi connectivity index (χ1) is 16.0. The minimum atomic E-state index is -4.61. The number of hydrogen-bond donors (Lipinski definition) is 0. The molecule has 2 heterocycles. The normalized spacial score (nSPS) is 23.1. The van der Waals surface area contributed by atoms with Gasteiger partial charge in [-0.2, -0.15) is 18.4 Å². The average Bonchev–Trinajstić information content (AvgIpc) is 3.19. The summed E-state index contributed by atoms with van der Waals surface area (Å²) in [6.45, 7) is 9.33. The zero-order valence-corrected chi connectivity index (χ0v) is 20.4. The molecule has 1 aromatic rings. The van der Waals surface area contributed by atoms with Crippen LogP contribution in [-0.2, 0) is 20.4 Å². The van der Waals surface area contributed by atoms with E-state index in [4.69, 9.17) is 14.7 Å². The molecule has 0 radical (unpaired) electrons.